The molecule has 2 aliphatic rings. The van der Waals surface area contributed by atoms with E-state index in [9.17, 15) is 10.2 Å². The van der Waals surface area contributed by atoms with Crippen LogP contribution in [0.4, 0.5) is 0 Å². The van der Waals surface area contributed by atoms with Crippen molar-refractivity contribution in [2.45, 2.75) is 30.8 Å². The molecule has 1 heterocycles. The van der Waals surface area contributed by atoms with Crippen LogP contribution in [0.2, 0.25) is 0 Å². The Hall–Kier alpha value is -0.950. The second-order valence-corrected chi connectivity index (χ2v) is 4.26. The second-order valence-electron chi connectivity index (χ2n) is 4.26. The molecule has 3 atom stereocenters. The molecule has 0 radical (unpaired) electrons. The third kappa shape index (κ3) is 2.21. The van der Waals surface area contributed by atoms with Gasteiger partial charge in [0.05, 0.1) is 19.6 Å². The van der Waals surface area contributed by atoms with Crippen molar-refractivity contribution in [1.82, 2.24) is 4.90 Å². The Labute approximate surface area is 99.8 Å². The predicted molar refractivity (Wildman–Crippen MR) is 61.4 cm³/mol. The molecule has 1 saturated carbocycles. The third-order valence-corrected chi connectivity index (χ3v) is 3.24. The molecule has 0 bridgehead atoms. The number of nitrogens with zero attached hydrogens (tertiary/aromatic N) is 2. The van der Waals surface area contributed by atoms with Gasteiger partial charge in [-0.3, -0.25) is 0 Å². The first-order valence-corrected chi connectivity index (χ1v) is 5.77. The Balaban J connectivity index is 2.12. The van der Waals surface area contributed by atoms with E-state index < -0.39 is 17.9 Å². The normalized spacial score (nSPS) is 36.8. The van der Waals surface area contributed by atoms with Gasteiger partial charge in [0.1, 0.15) is 12.2 Å². The Bertz CT molecular complexity index is 321. The highest BCUT2D eigenvalue weighted by Gasteiger charge is 2.53. The average molecular weight is 242 g/mol. The minimum absolute atomic E-state index is 0.101. The first kappa shape index (κ1) is 12.5. The van der Waals surface area contributed by atoms with E-state index in [2.05, 4.69) is 4.99 Å². The lowest BCUT2D eigenvalue weighted by Crippen LogP contribution is -2.60. The molecule has 0 aromatic rings. The minimum Gasteiger partial charge on any atom is -0.394 e. The zero-order valence-electron chi connectivity index (χ0n) is 9.57. The van der Waals surface area contributed by atoms with Crippen LogP contribution in [0.3, 0.4) is 0 Å². The highest BCUT2D eigenvalue weighted by molar-refractivity contribution is 5.59. The van der Waals surface area contributed by atoms with Crippen molar-refractivity contribution in [1.29, 1.82) is 0 Å². The van der Waals surface area contributed by atoms with E-state index in [0.29, 0.717) is 19.4 Å². The van der Waals surface area contributed by atoms with E-state index in [4.69, 9.17) is 9.84 Å². The van der Waals surface area contributed by atoms with Crippen molar-refractivity contribution in [3.8, 4) is 0 Å². The standard InChI is InChI=1S/C11H18N2O4/c14-6-7-17-10-3-2-9(15)11(10,16)13-5-1-4-12-8-13/h1,4,8-10,14-16H,2-3,5-7H2. The summed E-state index contributed by atoms with van der Waals surface area (Å²) in [6, 6.07) is 0. The van der Waals surface area contributed by atoms with Gasteiger partial charge in [-0.25, -0.2) is 4.99 Å². The zero-order valence-corrected chi connectivity index (χ0v) is 9.57. The molecule has 0 aromatic carbocycles. The molecule has 1 fully saturated rings. The fraction of sp³-hybridized carbons (Fsp3) is 0.727. The molecule has 0 spiro atoms. The van der Waals surface area contributed by atoms with Crippen LogP contribution in [-0.2, 0) is 4.74 Å². The second kappa shape index (κ2) is 5.14. The Morgan fingerprint density at radius 3 is 2.94 bits per heavy atom. The summed E-state index contributed by atoms with van der Waals surface area (Å²) in [6.07, 6.45) is 4.60. The van der Waals surface area contributed by atoms with Crippen LogP contribution < -0.4 is 0 Å². The van der Waals surface area contributed by atoms with Crippen LogP contribution in [0.15, 0.2) is 17.3 Å². The van der Waals surface area contributed by atoms with Gasteiger partial charge in [0, 0.05) is 12.7 Å². The van der Waals surface area contributed by atoms with Crippen molar-refractivity contribution in [3.05, 3.63) is 12.3 Å². The Morgan fingerprint density at radius 2 is 2.29 bits per heavy atom. The molecule has 3 N–H and O–H groups in total. The van der Waals surface area contributed by atoms with E-state index in [1.165, 1.54) is 6.34 Å². The lowest BCUT2D eigenvalue weighted by molar-refractivity contribution is -0.195. The first-order valence-electron chi connectivity index (χ1n) is 5.77. The molecule has 6 heteroatoms. The highest BCUT2D eigenvalue weighted by Crippen LogP contribution is 2.35. The lowest BCUT2D eigenvalue weighted by Gasteiger charge is -2.41. The molecule has 6 nitrogen and oxygen atoms in total. The van der Waals surface area contributed by atoms with E-state index in [0.717, 1.165) is 0 Å². The number of aliphatic imine (C=N–C) groups is 1. The maximum atomic E-state index is 10.6. The zero-order chi connectivity index (χ0) is 12.3. The molecular weight excluding hydrogens is 224 g/mol. The first-order chi connectivity index (χ1) is 8.19. The third-order valence-electron chi connectivity index (χ3n) is 3.24. The Kier molecular flexibility index (Phi) is 3.78. The van der Waals surface area contributed by atoms with Crippen LogP contribution in [0.1, 0.15) is 12.8 Å². The van der Waals surface area contributed by atoms with E-state index in [1.807, 2.05) is 0 Å². The average Bonchev–Trinajstić information content (AvgIpc) is 2.66. The largest absolute Gasteiger partial charge is 0.394 e. The topological polar surface area (TPSA) is 85.5 Å². The lowest BCUT2D eigenvalue weighted by atomic mass is 10.1. The van der Waals surface area contributed by atoms with Gasteiger partial charge in [-0.2, -0.15) is 0 Å². The molecule has 0 saturated heterocycles. The van der Waals surface area contributed by atoms with Crippen LogP contribution in [0.5, 0.6) is 0 Å². The molecule has 0 amide bonds. The van der Waals surface area contributed by atoms with E-state index in [1.54, 1.807) is 17.2 Å². The fourth-order valence-corrected chi connectivity index (χ4v) is 2.35. The number of ether oxygens (including phenoxy) is 1. The summed E-state index contributed by atoms with van der Waals surface area (Å²) in [7, 11) is 0. The van der Waals surface area contributed by atoms with Crippen LogP contribution in [0, 0.1) is 0 Å². The van der Waals surface area contributed by atoms with Crippen molar-refractivity contribution in [2.24, 2.45) is 4.99 Å². The van der Waals surface area contributed by atoms with Gasteiger partial charge >= 0.3 is 0 Å². The van der Waals surface area contributed by atoms with E-state index in [-0.39, 0.29) is 13.2 Å². The van der Waals surface area contributed by atoms with Gasteiger partial charge in [-0.15, -0.1) is 0 Å². The van der Waals surface area contributed by atoms with Crippen molar-refractivity contribution >= 4 is 6.34 Å². The maximum absolute atomic E-state index is 10.6. The minimum atomic E-state index is -1.45. The smallest absolute Gasteiger partial charge is 0.192 e. The van der Waals surface area contributed by atoms with Gasteiger partial charge in [-0.1, -0.05) is 0 Å². The van der Waals surface area contributed by atoms with Crippen molar-refractivity contribution in [2.75, 3.05) is 19.8 Å². The summed E-state index contributed by atoms with van der Waals surface area (Å²) in [5.41, 5.74) is -1.45. The van der Waals surface area contributed by atoms with Crippen LogP contribution in [-0.4, -0.2) is 64.2 Å². The molecule has 1 aliphatic carbocycles. The summed E-state index contributed by atoms with van der Waals surface area (Å²) in [5.74, 6) is 0. The molecule has 2 rings (SSSR count). The van der Waals surface area contributed by atoms with Gasteiger partial charge in [0.2, 0.25) is 0 Å². The fourth-order valence-electron chi connectivity index (χ4n) is 2.35. The summed E-state index contributed by atoms with van der Waals surface area (Å²) < 4.78 is 5.40. The van der Waals surface area contributed by atoms with Gasteiger partial charge in [0.25, 0.3) is 0 Å². The summed E-state index contributed by atoms with van der Waals surface area (Å²) in [4.78, 5) is 5.52. The monoisotopic (exact) mass is 242 g/mol. The van der Waals surface area contributed by atoms with Crippen LogP contribution >= 0.6 is 0 Å². The van der Waals surface area contributed by atoms with E-state index >= 15 is 0 Å². The van der Waals surface area contributed by atoms with Crippen molar-refractivity contribution in [3.63, 3.8) is 0 Å². The highest BCUT2D eigenvalue weighted by atomic mass is 16.5. The van der Waals surface area contributed by atoms with Crippen LogP contribution in [0.25, 0.3) is 0 Å². The van der Waals surface area contributed by atoms with Gasteiger partial charge < -0.3 is 25.0 Å². The molecule has 3 unspecified atom stereocenters. The molecule has 17 heavy (non-hydrogen) atoms. The maximum Gasteiger partial charge on any atom is 0.192 e. The number of aliphatic hydroxyl groups is 3. The summed E-state index contributed by atoms with van der Waals surface area (Å²) >= 11 is 0. The summed E-state index contributed by atoms with van der Waals surface area (Å²) in [6.45, 7) is 0.535. The van der Waals surface area contributed by atoms with Gasteiger partial charge in [0.15, 0.2) is 5.72 Å². The predicted octanol–water partition coefficient (Wildman–Crippen LogP) is -0.935. The van der Waals surface area contributed by atoms with Crippen molar-refractivity contribution < 1.29 is 20.1 Å². The summed E-state index contributed by atoms with van der Waals surface area (Å²) in [5, 5.41) is 29.3. The molecule has 96 valence electrons. The number of hydrogen-bond donors (Lipinski definition) is 3. The number of aliphatic hydroxyl groups excluding tert-OH is 2. The van der Waals surface area contributed by atoms with Gasteiger partial charge in [-0.05, 0) is 18.9 Å². The number of hydrogen-bond acceptors (Lipinski definition) is 6. The molecule has 0 aromatic heterocycles. The SMILES string of the molecule is OCCOC1CCC(O)C1(O)N1C=NC=CC1. The molecule has 1 aliphatic heterocycles. The molecular formula is C11H18N2O4. The Morgan fingerprint density at radius 1 is 1.47 bits per heavy atom. The number of rotatable bonds is 4. The quantitative estimate of drug-likeness (QED) is 0.593.